The summed E-state index contributed by atoms with van der Waals surface area (Å²) in [5, 5.41) is 5.48. The van der Waals surface area contributed by atoms with Crippen LogP contribution in [0.15, 0.2) is 24.3 Å². The Kier molecular flexibility index (Phi) is 8.49. The third kappa shape index (κ3) is 7.23. The number of hydrogen-bond donors (Lipinski definition) is 2. The van der Waals surface area contributed by atoms with E-state index < -0.39 is 5.97 Å². The molecule has 0 bridgehead atoms. The Labute approximate surface area is 142 Å². The lowest BCUT2D eigenvalue weighted by Crippen LogP contribution is -2.39. The first kappa shape index (κ1) is 19.6. The highest BCUT2D eigenvalue weighted by molar-refractivity contribution is 5.94. The summed E-state index contributed by atoms with van der Waals surface area (Å²) < 4.78 is 4.90. The first-order chi connectivity index (χ1) is 11.5. The number of rotatable bonds is 9. The summed E-state index contributed by atoms with van der Waals surface area (Å²) in [5.74, 6) is -0.733. The third-order valence-corrected chi connectivity index (χ3v) is 3.08. The molecule has 1 rings (SSSR count). The summed E-state index contributed by atoms with van der Waals surface area (Å²) in [4.78, 5) is 36.7. The van der Waals surface area contributed by atoms with E-state index in [0.29, 0.717) is 24.4 Å². The second kappa shape index (κ2) is 10.4. The zero-order valence-electron chi connectivity index (χ0n) is 14.4. The Hall–Kier alpha value is -2.41. The van der Waals surface area contributed by atoms with Crippen LogP contribution in [0.4, 0.5) is 5.69 Å². The molecular formula is C17H25N3O4. The van der Waals surface area contributed by atoms with Crippen LogP contribution < -0.4 is 10.6 Å². The van der Waals surface area contributed by atoms with E-state index in [1.54, 1.807) is 43.1 Å². The summed E-state index contributed by atoms with van der Waals surface area (Å²) in [6.07, 6.45) is 0.873. The topological polar surface area (TPSA) is 87.7 Å². The Morgan fingerprint density at radius 1 is 1.04 bits per heavy atom. The van der Waals surface area contributed by atoms with E-state index in [0.717, 1.165) is 6.42 Å². The molecule has 1 aromatic carbocycles. The Bertz CT molecular complexity index is 557. The van der Waals surface area contributed by atoms with Gasteiger partial charge in [0, 0.05) is 12.2 Å². The van der Waals surface area contributed by atoms with Gasteiger partial charge in [-0.05, 0) is 44.7 Å². The van der Waals surface area contributed by atoms with Crippen LogP contribution in [0.1, 0.15) is 30.6 Å². The van der Waals surface area contributed by atoms with Crippen LogP contribution in [0, 0.1) is 0 Å². The summed E-state index contributed by atoms with van der Waals surface area (Å²) in [6.45, 7) is 4.92. The smallest absolute Gasteiger partial charge is 0.338 e. The zero-order chi connectivity index (χ0) is 17.9. The van der Waals surface area contributed by atoms with Crippen molar-refractivity contribution in [3.05, 3.63) is 29.8 Å². The number of carbonyl (C=O) groups excluding carboxylic acids is 3. The van der Waals surface area contributed by atoms with Crippen LogP contribution in [0.5, 0.6) is 0 Å². The summed E-state index contributed by atoms with van der Waals surface area (Å²) in [7, 11) is 1.70. The van der Waals surface area contributed by atoms with Crippen LogP contribution in [-0.4, -0.2) is 56.0 Å². The molecule has 0 atom stereocenters. The van der Waals surface area contributed by atoms with Gasteiger partial charge in [0.1, 0.15) is 0 Å². The average molecular weight is 335 g/mol. The number of benzene rings is 1. The fourth-order valence-corrected chi connectivity index (χ4v) is 1.97. The molecule has 0 heterocycles. The van der Waals surface area contributed by atoms with Gasteiger partial charge in [-0.25, -0.2) is 4.79 Å². The fraction of sp³-hybridized carbons (Fsp3) is 0.471. The SMILES string of the molecule is CCCNC(=O)CN(C)CC(=O)Nc1ccc(C(=O)OCC)cc1. The highest BCUT2D eigenvalue weighted by Gasteiger charge is 2.11. The zero-order valence-corrected chi connectivity index (χ0v) is 14.4. The van der Waals surface area contributed by atoms with Gasteiger partial charge in [-0.1, -0.05) is 6.92 Å². The first-order valence-electron chi connectivity index (χ1n) is 7.98. The van der Waals surface area contributed by atoms with Crippen LogP contribution in [0.25, 0.3) is 0 Å². The van der Waals surface area contributed by atoms with E-state index in [9.17, 15) is 14.4 Å². The minimum atomic E-state index is -0.395. The molecule has 2 N–H and O–H groups in total. The van der Waals surface area contributed by atoms with E-state index in [2.05, 4.69) is 10.6 Å². The number of nitrogens with zero attached hydrogens (tertiary/aromatic N) is 1. The van der Waals surface area contributed by atoms with Gasteiger partial charge in [-0.2, -0.15) is 0 Å². The molecule has 0 saturated carbocycles. The number of carbonyl (C=O) groups is 3. The molecule has 0 radical (unpaired) electrons. The van der Waals surface area contributed by atoms with Crippen molar-refractivity contribution in [2.45, 2.75) is 20.3 Å². The van der Waals surface area contributed by atoms with Crippen molar-refractivity contribution in [2.75, 3.05) is 38.6 Å². The Morgan fingerprint density at radius 2 is 1.67 bits per heavy atom. The number of likely N-dealkylation sites (N-methyl/N-ethyl adjacent to an activating group) is 1. The number of nitrogens with one attached hydrogen (secondary N) is 2. The van der Waals surface area contributed by atoms with Gasteiger partial charge in [0.25, 0.3) is 0 Å². The van der Waals surface area contributed by atoms with Crippen molar-refractivity contribution in [3.8, 4) is 0 Å². The molecule has 7 nitrogen and oxygen atoms in total. The first-order valence-corrected chi connectivity index (χ1v) is 7.98. The third-order valence-electron chi connectivity index (χ3n) is 3.08. The number of hydrogen-bond acceptors (Lipinski definition) is 5. The van der Waals surface area contributed by atoms with Gasteiger partial charge in [0.15, 0.2) is 0 Å². The van der Waals surface area contributed by atoms with Gasteiger partial charge in [-0.15, -0.1) is 0 Å². The summed E-state index contributed by atoms with van der Waals surface area (Å²) in [6, 6.07) is 6.46. The van der Waals surface area contributed by atoms with E-state index in [1.165, 1.54) is 0 Å². The lowest BCUT2D eigenvalue weighted by molar-refractivity contribution is -0.122. The van der Waals surface area contributed by atoms with E-state index in [-0.39, 0.29) is 24.9 Å². The van der Waals surface area contributed by atoms with Crippen molar-refractivity contribution in [1.29, 1.82) is 0 Å². The molecule has 2 amide bonds. The van der Waals surface area contributed by atoms with Crippen LogP contribution in [0.2, 0.25) is 0 Å². The molecular weight excluding hydrogens is 310 g/mol. The highest BCUT2D eigenvalue weighted by Crippen LogP contribution is 2.10. The predicted molar refractivity (Wildman–Crippen MR) is 91.8 cm³/mol. The minimum Gasteiger partial charge on any atom is -0.462 e. The number of esters is 1. The van der Waals surface area contributed by atoms with Gasteiger partial charge >= 0.3 is 5.97 Å². The molecule has 0 aliphatic heterocycles. The lowest BCUT2D eigenvalue weighted by atomic mass is 10.2. The van der Waals surface area contributed by atoms with Crippen molar-refractivity contribution in [2.24, 2.45) is 0 Å². The van der Waals surface area contributed by atoms with Crippen molar-refractivity contribution in [3.63, 3.8) is 0 Å². The number of ether oxygens (including phenoxy) is 1. The second-order valence-electron chi connectivity index (χ2n) is 5.37. The van der Waals surface area contributed by atoms with Crippen LogP contribution >= 0.6 is 0 Å². The molecule has 0 spiro atoms. The normalized spacial score (nSPS) is 10.3. The maximum atomic E-state index is 12.0. The largest absolute Gasteiger partial charge is 0.462 e. The molecule has 7 heteroatoms. The Morgan fingerprint density at radius 3 is 2.25 bits per heavy atom. The number of amides is 2. The number of anilines is 1. The van der Waals surface area contributed by atoms with Crippen molar-refractivity contribution >= 4 is 23.5 Å². The molecule has 0 unspecified atom stereocenters. The standard InChI is InChI=1S/C17H25N3O4/c1-4-10-18-15(21)11-20(3)12-16(22)19-14-8-6-13(7-9-14)17(23)24-5-2/h6-9H,4-5,10-12H2,1-3H3,(H,18,21)(H,19,22). The lowest BCUT2D eigenvalue weighted by Gasteiger charge is -2.16. The Balaban J connectivity index is 2.44. The van der Waals surface area contributed by atoms with Gasteiger partial charge in [0.2, 0.25) is 11.8 Å². The predicted octanol–water partition coefficient (Wildman–Crippen LogP) is 1.26. The molecule has 0 saturated heterocycles. The van der Waals surface area contributed by atoms with E-state index in [1.807, 2.05) is 6.92 Å². The molecule has 0 fully saturated rings. The minimum absolute atomic E-state index is 0.0964. The molecule has 0 aliphatic rings. The maximum absolute atomic E-state index is 12.0. The van der Waals surface area contributed by atoms with E-state index >= 15 is 0 Å². The molecule has 132 valence electrons. The van der Waals surface area contributed by atoms with Crippen LogP contribution in [-0.2, 0) is 14.3 Å². The maximum Gasteiger partial charge on any atom is 0.338 e. The molecule has 24 heavy (non-hydrogen) atoms. The quantitative estimate of drug-likeness (QED) is 0.663. The summed E-state index contributed by atoms with van der Waals surface area (Å²) in [5.41, 5.74) is 1.01. The fourth-order valence-electron chi connectivity index (χ4n) is 1.97. The highest BCUT2D eigenvalue weighted by atomic mass is 16.5. The molecule has 0 aliphatic carbocycles. The molecule has 1 aromatic rings. The average Bonchev–Trinajstić information content (AvgIpc) is 2.53. The van der Waals surface area contributed by atoms with Crippen LogP contribution in [0.3, 0.4) is 0 Å². The monoisotopic (exact) mass is 335 g/mol. The van der Waals surface area contributed by atoms with Crippen molar-refractivity contribution in [1.82, 2.24) is 10.2 Å². The molecule has 0 aromatic heterocycles. The van der Waals surface area contributed by atoms with Gasteiger partial charge in [0.05, 0.1) is 25.3 Å². The van der Waals surface area contributed by atoms with Gasteiger partial charge in [-0.3, -0.25) is 14.5 Å². The van der Waals surface area contributed by atoms with Gasteiger partial charge < -0.3 is 15.4 Å². The second-order valence-corrected chi connectivity index (χ2v) is 5.37. The summed E-state index contributed by atoms with van der Waals surface area (Å²) >= 11 is 0. The van der Waals surface area contributed by atoms with E-state index in [4.69, 9.17) is 4.74 Å². The van der Waals surface area contributed by atoms with Crippen molar-refractivity contribution < 1.29 is 19.1 Å².